The van der Waals surface area contributed by atoms with Gasteiger partial charge in [-0.2, -0.15) is 4.98 Å². The highest BCUT2D eigenvalue weighted by molar-refractivity contribution is 5.79. The summed E-state index contributed by atoms with van der Waals surface area (Å²) in [5.74, 6) is 0.692. The monoisotopic (exact) mass is 368 g/mol. The van der Waals surface area contributed by atoms with Gasteiger partial charge in [-0.25, -0.2) is 4.79 Å². The number of benzene rings is 1. The predicted octanol–water partition coefficient (Wildman–Crippen LogP) is 3.67. The number of furan rings is 1. The van der Waals surface area contributed by atoms with E-state index >= 15 is 0 Å². The Morgan fingerprint density at radius 2 is 2.07 bits per heavy atom. The first-order chi connectivity index (χ1) is 13.2. The fourth-order valence-electron chi connectivity index (χ4n) is 3.52. The SMILES string of the molecule is CCCCc1ccc(-c2cc3cn(C4CC[C@@H](CO)O4)c(=O)nc3o2)cc1. The largest absolute Gasteiger partial charge is 0.437 e. The number of nitrogens with zero attached hydrogens (tertiary/aromatic N) is 2. The first-order valence-electron chi connectivity index (χ1n) is 9.56. The van der Waals surface area contributed by atoms with Gasteiger partial charge in [-0.3, -0.25) is 4.57 Å². The van der Waals surface area contributed by atoms with Crippen LogP contribution in [-0.4, -0.2) is 27.4 Å². The Balaban J connectivity index is 1.62. The maximum absolute atomic E-state index is 12.4. The summed E-state index contributed by atoms with van der Waals surface area (Å²) in [6.07, 6.45) is 5.98. The van der Waals surface area contributed by atoms with Crippen molar-refractivity contribution in [3.05, 3.63) is 52.6 Å². The Morgan fingerprint density at radius 3 is 2.78 bits per heavy atom. The minimum absolute atomic E-state index is 0.0367. The molecular weight excluding hydrogens is 344 g/mol. The molecule has 0 radical (unpaired) electrons. The summed E-state index contributed by atoms with van der Waals surface area (Å²) >= 11 is 0. The molecule has 1 aliphatic heterocycles. The summed E-state index contributed by atoms with van der Waals surface area (Å²) in [5, 5.41) is 9.99. The molecule has 3 aromatic rings. The van der Waals surface area contributed by atoms with Crippen LogP contribution in [0.4, 0.5) is 0 Å². The normalized spacial score (nSPS) is 19.8. The molecule has 2 atom stereocenters. The van der Waals surface area contributed by atoms with Crippen molar-refractivity contribution in [3.63, 3.8) is 0 Å². The highest BCUT2D eigenvalue weighted by Crippen LogP contribution is 2.30. The van der Waals surface area contributed by atoms with Crippen LogP contribution >= 0.6 is 0 Å². The van der Waals surface area contributed by atoms with E-state index in [1.807, 2.05) is 18.2 Å². The maximum Gasteiger partial charge on any atom is 0.353 e. The van der Waals surface area contributed by atoms with E-state index in [0.29, 0.717) is 17.9 Å². The molecule has 1 aliphatic rings. The van der Waals surface area contributed by atoms with E-state index in [1.54, 1.807) is 6.20 Å². The lowest BCUT2D eigenvalue weighted by molar-refractivity contribution is -0.0243. The smallest absolute Gasteiger partial charge is 0.353 e. The summed E-state index contributed by atoms with van der Waals surface area (Å²) in [5.41, 5.74) is 2.20. The molecule has 142 valence electrons. The van der Waals surface area contributed by atoms with Gasteiger partial charge in [0, 0.05) is 11.8 Å². The third kappa shape index (κ3) is 3.68. The lowest BCUT2D eigenvalue weighted by Crippen LogP contribution is -2.27. The van der Waals surface area contributed by atoms with Crippen molar-refractivity contribution in [2.24, 2.45) is 0 Å². The first kappa shape index (κ1) is 17.9. The number of aryl methyl sites for hydroxylation is 1. The van der Waals surface area contributed by atoms with E-state index in [2.05, 4.69) is 24.0 Å². The summed E-state index contributed by atoms with van der Waals surface area (Å²) < 4.78 is 13.0. The summed E-state index contributed by atoms with van der Waals surface area (Å²) in [6, 6.07) is 10.2. The standard InChI is InChI=1S/C21H24N2O4/c1-2-3-4-14-5-7-15(8-6-14)18-11-16-12-23(21(25)22-20(16)27-18)19-10-9-17(13-24)26-19/h5-8,11-12,17,19,24H,2-4,9-10,13H2,1H3/t17-,19?/m0/s1. The fourth-order valence-corrected chi connectivity index (χ4v) is 3.52. The van der Waals surface area contributed by atoms with Crippen LogP contribution in [0.3, 0.4) is 0 Å². The molecular formula is C21H24N2O4. The lowest BCUT2D eigenvalue weighted by atomic mass is 10.1. The Hall–Kier alpha value is -2.44. The molecule has 0 amide bonds. The Kier molecular flexibility index (Phi) is 5.09. The van der Waals surface area contributed by atoms with Crippen molar-refractivity contribution < 1.29 is 14.3 Å². The van der Waals surface area contributed by atoms with Crippen LogP contribution in [0.25, 0.3) is 22.4 Å². The van der Waals surface area contributed by atoms with Gasteiger partial charge in [0.05, 0.1) is 18.1 Å². The van der Waals surface area contributed by atoms with Crippen molar-refractivity contribution in [2.75, 3.05) is 6.61 Å². The second-order valence-electron chi connectivity index (χ2n) is 7.08. The van der Waals surface area contributed by atoms with E-state index in [9.17, 15) is 9.90 Å². The van der Waals surface area contributed by atoms with Crippen LogP contribution in [0.2, 0.25) is 0 Å². The van der Waals surface area contributed by atoms with Gasteiger partial charge < -0.3 is 14.3 Å². The molecule has 1 N–H and O–H groups in total. The molecule has 1 fully saturated rings. The van der Waals surface area contributed by atoms with Gasteiger partial charge in [-0.1, -0.05) is 37.6 Å². The van der Waals surface area contributed by atoms with Crippen LogP contribution in [-0.2, 0) is 11.2 Å². The second-order valence-corrected chi connectivity index (χ2v) is 7.08. The molecule has 0 spiro atoms. The number of hydrogen-bond donors (Lipinski definition) is 1. The van der Waals surface area contributed by atoms with Crippen molar-refractivity contribution in [3.8, 4) is 11.3 Å². The predicted molar refractivity (Wildman–Crippen MR) is 103 cm³/mol. The molecule has 6 heteroatoms. The molecule has 3 heterocycles. The van der Waals surface area contributed by atoms with Crippen molar-refractivity contribution in [1.29, 1.82) is 0 Å². The minimum Gasteiger partial charge on any atom is -0.437 e. The van der Waals surface area contributed by atoms with Crippen LogP contribution in [0, 0.1) is 0 Å². The number of hydrogen-bond acceptors (Lipinski definition) is 5. The summed E-state index contributed by atoms with van der Waals surface area (Å²) in [7, 11) is 0. The second kappa shape index (κ2) is 7.66. The molecule has 0 bridgehead atoms. The van der Waals surface area contributed by atoms with Crippen molar-refractivity contribution in [1.82, 2.24) is 9.55 Å². The van der Waals surface area contributed by atoms with Gasteiger partial charge in [0.1, 0.15) is 12.0 Å². The topological polar surface area (TPSA) is 77.5 Å². The molecule has 1 saturated heterocycles. The number of unbranched alkanes of at least 4 members (excludes halogenated alkanes) is 1. The number of rotatable bonds is 6. The molecule has 0 aliphatic carbocycles. The zero-order valence-corrected chi connectivity index (χ0v) is 15.4. The van der Waals surface area contributed by atoms with Crippen molar-refractivity contribution in [2.45, 2.75) is 51.4 Å². The number of aromatic nitrogens is 2. The van der Waals surface area contributed by atoms with Crippen LogP contribution < -0.4 is 5.69 Å². The average molecular weight is 368 g/mol. The van der Waals surface area contributed by atoms with Gasteiger partial charge in [0.15, 0.2) is 0 Å². The van der Waals surface area contributed by atoms with Gasteiger partial charge in [0.25, 0.3) is 0 Å². The Labute approximate surface area is 157 Å². The zero-order chi connectivity index (χ0) is 18.8. The Bertz CT molecular complexity index is 974. The molecule has 1 unspecified atom stereocenters. The molecule has 27 heavy (non-hydrogen) atoms. The third-order valence-corrected chi connectivity index (χ3v) is 5.09. The molecule has 4 rings (SSSR count). The minimum atomic E-state index is -0.401. The molecule has 0 saturated carbocycles. The van der Waals surface area contributed by atoms with Gasteiger partial charge in [-0.15, -0.1) is 0 Å². The van der Waals surface area contributed by atoms with Gasteiger partial charge in [0.2, 0.25) is 5.71 Å². The summed E-state index contributed by atoms with van der Waals surface area (Å²) in [6.45, 7) is 2.15. The maximum atomic E-state index is 12.4. The molecule has 2 aromatic heterocycles. The average Bonchev–Trinajstić information content (AvgIpc) is 3.32. The van der Waals surface area contributed by atoms with Gasteiger partial charge in [-0.05, 0) is 37.3 Å². The molecule has 1 aromatic carbocycles. The highest BCUT2D eigenvalue weighted by atomic mass is 16.5. The van der Waals surface area contributed by atoms with E-state index in [4.69, 9.17) is 9.15 Å². The van der Waals surface area contributed by atoms with Crippen LogP contribution in [0.5, 0.6) is 0 Å². The quantitative estimate of drug-likeness (QED) is 0.718. The first-order valence-corrected chi connectivity index (χ1v) is 9.56. The lowest BCUT2D eigenvalue weighted by Gasteiger charge is -2.14. The highest BCUT2D eigenvalue weighted by Gasteiger charge is 2.27. The van der Waals surface area contributed by atoms with Crippen molar-refractivity contribution >= 4 is 11.1 Å². The van der Waals surface area contributed by atoms with Crippen LogP contribution in [0.15, 0.2) is 45.7 Å². The van der Waals surface area contributed by atoms with E-state index in [1.165, 1.54) is 23.0 Å². The zero-order valence-electron chi connectivity index (χ0n) is 15.4. The fraction of sp³-hybridized carbons (Fsp3) is 0.429. The van der Waals surface area contributed by atoms with E-state index in [0.717, 1.165) is 23.8 Å². The Morgan fingerprint density at radius 1 is 1.26 bits per heavy atom. The van der Waals surface area contributed by atoms with E-state index in [-0.39, 0.29) is 18.9 Å². The van der Waals surface area contributed by atoms with Crippen LogP contribution in [0.1, 0.15) is 44.4 Å². The third-order valence-electron chi connectivity index (χ3n) is 5.09. The van der Waals surface area contributed by atoms with Gasteiger partial charge >= 0.3 is 5.69 Å². The number of fused-ring (bicyclic) bond motifs is 1. The number of ether oxygens (including phenoxy) is 1. The number of aliphatic hydroxyl groups is 1. The molecule has 6 nitrogen and oxygen atoms in total. The number of aliphatic hydroxyl groups excluding tert-OH is 1. The van der Waals surface area contributed by atoms with E-state index < -0.39 is 5.69 Å². The summed E-state index contributed by atoms with van der Waals surface area (Å²) in [4.78, 5) is 16.4.